The van der Waals surface area contributed by atoms with E-state index in [1.54, 1.807) is 7.05 Å². The molecule has 0 amide bonds. The van der Waals surface area contributed by atoms with Crippen molar-refractivity contribution in [3.63, 3.8) is 0 Å². The molecular weight excluding hydrogens is 342 g/mol. The second-order valence-corrected chi connectivity index (χ2v) is 6.02. The second kappa shape index (κ2) is 8.87. The van der Waals surface area contributed by atoms with Crippen LogP contribution in [0.3, 0.4) is 0 Å². The molecule has 3 rings (SSSR count). The highest BCUT2D eigenvalue weighted by atomic mass is 16.5. The van der Waals surface area contributed by atoms with Crippen LogP contribution in [0.1, 0.15) is 5.56 Å². The smallest absolute Gasteiger partial charge is 0.321 e. The number of rotatable bonds is 8. The summed E-state index contributed by atoms with van der Waals surface area (Å²) in [6.45, 7) is 0. The highest BCUT2D eigenvalue weighted by molar-refractivity contribution is 5.73. The van der Waals surface area contributed by atoms with E-state index < -0.39 is 12.0 Å². The lowest BCUT2D eigenvalue weighted by molar-refractivity contribution is -0.139. The van der Waals surface area contributed by atoms with Gasteiger partial charge in [-0.2, -0.15) is 0 Å². The van der Waals surface area contributed by atoms with E-state index in [1.165, 1.54) is 0 Å². The van der Waals surface area contributed by atoms with Crippen LogP contribution >= 0.6 is 0 Å². The summed E-state index contributed by atoms with van der Waals surface area (Å²) in [4.78, 5) is 11.1. The van der Waals surface area contributed by atoms with E-state index in [2.05, 4.69) is 5.32 Å². The highest BCUT2D eigenvalue weighted by Gasteiger charge is 2.15. The molecule has 0 radical (unpaired) electrons. The van der Waals surface area contributed by atoms with Gasteiger partial charge in [0.2, 0.25) is 0 Å². The molecule has 5 heteroatoms. The molecule has 0 aliphatic carbocycles. The molecule has 0 fully saturated rings. The van der Waals surface area contributed by atoms with Gasteiger partial charge >= 0.3 is 5.97 Å². The Bertz CT molecular complexity index is 861. The van der Waals surface area contributed by atoms with Gasteiger partial charge in [0, 0.05) is 0 Å². The first-order valence-electron chi connectivity index (χ1n) is 8.64. The van der Waals surface area contributed by atoms with Gasteiger partial charge in [0.25, 0.3) is 0 Å². The van der Waals surface area contributed by atoms with Crippen molar-refractivity contribution >= 4 is 5.97 Å². The minimum Gasteiger partial charge on any atom is -0.480 e. The topological polar surface area (TPSA) is 67.8 Å². The lowest BCUT2D eigenvalue weighted by atomic mass is 10.1. The molecule has 0 unspecified atom stereocenters. The predicted octanol–water partition coefficient (Wildman–Crippen LogP) is 4.49. The summed E-state index contributed by atoms with van der Waals surface area (Å²) in [7, 11) is 1.64. The third-order valence-electron chi connectivity index (χ3n) is 4.05. The first-order valence-corrected chi connectivity index (χ1v) is 8.64. The highest BCUT2D eigenvalue weighted by Crippen LogP contribution is 2.27. The molecule has 0 saturated carbocycles. The van der Waals surface area contributed by atoms with Crippen LogP contribution in [-0.4, -0.2) is 24.2 Å². The molecule has 0 aromatic heterocycles. The zero-order chi connectivity index (χ0) is 19.1. The summed E-state index contributed by atoms with van der Waals surface area (Å²) in [6, 6.07) is 23.8. The molecule has 3 aromatic rings. The van der Waals surface area contributed by atoms with Gasteiger partial charge in [-0.25, -0.2) is 0 Å². The molecule has 1 atom stereocenters. The summed E-state index contributed by atoms with van der Waals surface area (Å²) in [5.41, 5.74) is 0.927. The van der Waals surface area contributed by atoms with Crippen molar-refractivity contribution in [2.24, 2.45) is 0 Å². The van der Waals surface area contributed by atoms with E-state index in [9.17, 15) is 4.79 Å². The zero-order valence-corrected chi connectivity index (χ0v) is 15.0. The molecule has 3 aromatic carbocycles. The van der Waals surface area contributed by atoms with E-state index in [1.807, 2.05) is 78.9 Å². The number of carbonyl (C=O) groups is 1. The molecule has 27 heavy (non-hydrogen) atoms. The number of benzene rings is 3. The number of carboxylic acid groups (broad SMARTS) is 1. The van der Waals surface area contributed by atoms with E-state index in [0.29, 0.717) is 17.9 Å². The van der Waals surface area contributed by atoms with Crippen molar-refractivity contribution in [1.29, 1.82) is 0 Å². The largest absolute Gasteiger partial charge is 0.480 e. The number of nitrogens with one attached hydrogen (secondary N) is 1. The third-order valence-corrected chi connectivity index (χ3v) is 4.05. The molecule has 0 aliphatic heterocycles. The summed E-state index contributed by atoms with van der Waals surface area (Å²) >= 11 is 0. The van der Waals surface area contributed by atoms with Gasteiger partial charge in [-0.05, 0) is 67.6 Å². The predicted molar refractivity (Wildman–Crippen MR) is 104 cm³/mol. The summed E-state index contributed by atoms with van der Waals surface area (Å²) in [5, 5.41) is 11.9. The van der Waals surface area contributed by atoms with Gasteiger partial charge in [0.15, 0.2) is 0 Å². The zero-order valence-electron chi connectivity index (χ0n) is 15.0. The van der Waals surface area contributed by atoms with Crippen LogP contribution in [-0.2, 0) is 11.2 Å². The van der Waals surface area contributed by atoms with Crippen LogP contribution in [0, 0.1) is 0 Å². The van der Waals surface area contributed by atoms with Crippen molar-refractivity contribution in [1.82, 2.24) is 5.32 Å². The first-order chi connectivity index (χ1) is 13.1. The fourth-order valence-corrected chi connectivity index (χ4v) is 2.58. The molecule has 138 valence electrons. The number of para-hydroxylation sites is 1. The maximum atomic E-state index is 11.1. The monoisotopic (exact) mass is 363 g/mol. The Morgan fingerprint density at radius 1 is 0.815 bits per heavy atom. The summed E-state index contributed by atoms with van der Waals surface area (Å²) < 4.78 is 11.6. The van der Waals surface area contributed by atoms with E-state index in [-0.39, 0.29) is 0 Å². The van der Waals surface area contributed by atoms with Crippen LogP contribution in [0.4, 0.5) is 0 Å². The van der Waals surface area contributed by atoms with Crippen LogP contribution in [0.25, 0.3) is 0 Å². The first kappa shape index (κ1) is 18.5. The van der Waals surface area contributed by atoms with Crippen molar-refractivity contribution in [3.05, 3.63) is 84.4 Å². The SMILES string of the molecule is CN[C@@H](Cc1ccc(Oc2ccc(Oc3ccccc3)cc2)cc1)C(=O)O. The van der Waals surface area contributed by atoms with Crippen LogP contribution < -0.4 is 14.8 Å². The van der Waals surface area contributed by atoms with E-state index >= 15 is 0 Å². The van der Waals surface area contributed by atoms with Crippen LogP contribution in [0.15, 0.2) is 78.9 Å². The van der Waals surface area contributed by atoms with E-state index in [0.717, 1.165) is 17.1 Å². The molecule has 5 nitrogen and oxygen atoms in total. The maximum absolute atomic E-state index is 11.1. The normalized spacial score (nSPS) is 11.6. The molecular formula is C22H21NO4. The molecule has 0 spiro atoms. The van der Waals surface area contributed by atoms with Gasteiger partial charge < -0.3 is 19.9 Å². The Kier molecular flexibility index (Phi) is 6.07. The number of ether oxygens (including phenoxy) is 2. The molecule has 0 bridgehead atoms. The van der Waals surface area contributed by atoms with Crippen LogP contribution in [0.2, 0.25) is 0 Å². The van der Waals surface area contributed by atoms with Gasteiger partial charge in [0.1, 0.15) is 29.0 Å². The average Bonchev–Trinajstić information content (AvgIpc) is 2.69. The number of likely N-dealkylation sites (N-methyl/N-ethyl adjacent to an activating group) is 1. The third kappa shape index (κ3) is 5.33. The number of carboxylic acids is 1. The Labute approximate surface area is 158 Å². The molecule has 0 saturated heterocycles. The Morgan fingerprint density at radius 2 is 1.26 bits per heavy atom. The van der Waals surface area contributed by atoms with Gasteiger partial charge in [-0.15, -0.1) is 0 Å². The van der Waals surface area contributed by atoms with Crippen molar-refractivity contribution in [2.75, 3.05) is 7.05 Å². The number of hydrogen-bond acceptors (Lipinski definition) is 4. The molecule has 2 N–H and O–H groups in total. The average molecular weight is 363 g/mol. The van der Waals surface area contributed by atoms with E-state index in [4.69, 9.17) is 14.6 Å². The summed E-state index contributed by atoms with van der Waals surface area (Å²) in [6.07, 6.45) is 0.414. The lowest BCUT2D eigenvalue weighted by Gasteiger charge is -2.12. The van der Waals surface area contributed by atoms with Gasteiger partial charge in [-0.3, -0.25) is 4.79 Å². The Morgan fingerprint density at radius 3 is 1.70 bits per heavy atom. The van der Waals surface area contributed by atoms with Crippen LogP contribution in [0.5, 0.6) is 23.0 Å². The second-order valence-electron chi connectivity index (χ2n) is 6.02. The van der Waals surface area contributed by atoms with Crippen molar-refractivity contribution in [2.45, 2.75) is 12.5 Å². The summed E-state index contributed by atoms with van der Waals surface area (Å²) in [5.74, 6) is 2.03. The van der Waals surface area contributed by atoms with Gasteiger partial charge in [-0.1, -0.05) is 30.3 Å². The van der Waals surface area contributed by atoms with Crippen molar-refractivity contribution < 1.29 is 19.4 Å². The standard InChI is InChI=1S/C22H21NO4/c1-23-21(22(24)25)15-16-7-9-18(10-8-16)27-20-13-11-19(12-14-20)26-17-5-3-2-4-6-17/h2-14,21,23H,15H2,1H3,(H,24,25)/t21-/m0/s1. The van der Waals surface area contributed by atoms with Crippen molar-refractivity contribution in [3.8, 4) is 23.0 Å². The number of hydrogen-bond donors (Lipinski definition) is 2. The van der Waals surface area contributed by atoms with Gasteiger partial charge in [0.05, 0.1) is 0 Å². The fourth-order valence-electron chi connectivity index (χ4n) is 2.58. The Balaban J connectivity index is 1.59. The maximum Gasteiger partial charge on any atom is 0.321 e. The Hall–Kier alpha value is -3.31. The fraction of sp³-hybridized carbons (Fsp3) is 0.136. The molecule has 0 heterocycles. The lowest BCUT2D eigenvalue weighted by Crippen LogP contribution is -2.35. The quantitative estimate of drug-likeness (QED) is 0.617. The minimum atomic E-state index is -0.865. The number of aliphatic carboxylic acids is 1. The minimum absolute atomic E-state index is 0.414. The molecule has 0 aliphatic rings.